The lowest BCUT2D eigenvalue weighted by atomic mass is 10.2. The van der Waals surface area contributed by atoms with Gasteiger partial charge in [-0.2, -0.15) is 0 Å². The van der Waals surface area contributed by atoms with Gasteiger partial charge in [0.1, 0.15) is 0 Å². The summed E-state index contributed by atoms with van der Waals surface area (Å²) in [5.41, 5.74) is 1.63. The van der Waals surface area contributed by atoms with Crippen LogP contribution in [-0.2, 0) is 4.79 Å². The van der Waals surface area contributed by atoms with Crippen molar-refractivity contribution >= 4 is 11.6 Å². The van der Waals surface area contributed by atoms with E-state index in [9.17, 15) is 4.79 Å². The van der Waals surface area contributed by atoms with Crippen molar-refractivity contribution in [3.8, 4) is 11.5 Å². The number of hydrogen-bond donors (Lipinski definition) is 1. The minimum atomic E-state index is 0.105. The van der Waals surface area contributed by atoms with Crippen LogP contribution in [0.15, 0.2) is 35.1 Å². The van der Waals surface area contributed by atoms with Crippen molar-refractivity contribution in [1.82, 2.24) is 10.2 Å². The number of nitrogens with zero attached hydrogens (tertiary/aromatic N) is 2. The van der Waals surface area contributed by atoms with E-state index in [1.165, 1.54) is 6.39 Å². The second-order valence-electron chi connectivity index (χ2n) is 4.63. The van der Waals surface area contributed by atoms with E-state index >= 15 is 0 Å². The Labute approximate surface area is 104 Å². The summed E-state index contributed by atoms with van der Waals surface area (Å²) in [4.78, 5) is 11.7. The van der Waals surface area contributed by atoms with E-state index in [0.717, 1.165) is 17.7 Å². The van der Waals surface area contributed by atoms with Crippen molar-refractivity contribution in [2.24, 2.45) is 11.8 Å². The van der Waals surface area contributed by atoms with E-state index in [-0.39, 0.29) is 11.8 Å². The van der Waals surface area contributed by atoms with Gasteiger partial charge in [-0.15, -0.1) is 10.2 Å². The lowest BCUT2D eigenvalue weighted by molar-refractivity contribution is -0.117. The first-order chi connectivity index (χ1) is 8.74. The van der Waals surface area contributed by atoms with Crippen molar-refractivity contribution < 1.29 is 9.21 Å². The smallest absolute Gasteiger partial charge is 0.247 e. The molecule has 0 bridgehead atoms. The third-order valence-corrected chi connectivity index (χ3v) is 3.21. The number of carbonyl (C=O) groups is 1. The summed E-state index contributed by atoms with van der Waals surface area (Å²) in [7, 11) is 0. The summed E-state index contributed by atoms with van der Waals surface area (Å²) in [5.74, 6) is 1.28. The topological polar surface area (TPSA) is 68.0 Å². The zero-order valence-corrected chi connectivity index (χ0v) is 9.96. The molecular formula is C13H13N3O2. The number of carbonyl (C=O) groups excluding carboxylic acids is 1. The highest BCUT2D eigenvalue weighted by Crippen LogP contribution is 2.38. The molecular weight excluding hydrogens is 230 g/mol. The normalized spacial score (nSPS) is 21.6. The Balaban J connectivity index is 1.69. The lowest BCUT2D eigenvalue weighted by Gasteiger charge is -2.04. The molecule has 1 aliphatic rings. The summed E-state index contributed by atoms with van der Waals surface area (Å²) in [6.07, 6.45) is 2.28. The van der Waals surface area contributed by atoms with Crippen LogP contribution in [-0.4, -0.2) is 16.1 Å². The number of nitrogens with one attached hydrogen (secondary N) is 1. The summed E-state index contributed by atoms with van der Waals surface area (Å²) < 4.78 is 5.09. The van der Waals surface area contributed by atoms with Gasteiger partial charge in [-0.3, -0.25) is 4.79 Å². The molecule has 0 unspecified atom stereocenters. The van der Waals surface area contributed by atoms with Crippen LogP contribution in [0.3, 0.4) is 0 Å². The van der Waals surface area contributed by atoms with Gasteiger partial charge in [0.25, 0.3) is 0 Å². The van der Waals surface area contributed by atoms with Crippen LogP contribution >= 0.6 is 0 Å². The van der Waals surface area contributed by atoms with Crippen LogP contribution in [0.5, 0.6) is 0 Å². The third kappa shape index (κ3) is 2.11. The summed E-state index contributed by atoms with van der Waals surface area (Å²) in [6, 6.07) is 7.37. The van der Waals surface area contributed by atoms with Crippen molar-refractivity contribution in [3.05, 3.63) is 30.7 Å². The fraction of sp³-hybridized carbons (Fsp3) is 0.308. The van der Waals surface area contributed by atoms with Crippen LogP contribution in [0.4, 0.5) is 5.69 Å². The predicted molar refractivity (Wildman–Crippen MR) is 65.6 cm³/mol. The van der Waals surface area contributed by atoms with E-state index in [4.69, 9.17) is 4.42 Å². The zero-order valence-electron chi connectivity index (χ0n) is 9.96. The third-order valence-electron chi connectivity index (χ3n) is 3.21. The van der Waals surface area contributed by atoms with Gasteiger partial charge in [0.2, 0.25) is 18.2 Å². The molecule has 1 saturated carbocycles. The average molecular weight is 243 g/mol. The number of anilines is 1. The van der Waals surface area contributed by atoms with E-state index in [1.807, 2.05) is 24.3 Å². The Kier molecular flexibility index (Phi) is 2.59. The lowest BCUT2D eigenvalue weighted by Crippen LogP contribution is -2.14. The van der Waals surface area contributed by atoms with E-state index in [1.54, 1.807) is 0 Å². The molecule has 1 aromatic carbocycles. The Bertz CT molecular complexity index is 548. The van der Waals surface area contributed by atoms with Crippen molar-refractivity contribution in [2.45, 2.75) is 13.3 Å². The van der Waals surface area contributed by atoms with Crippen LogP contribution in [0.2, 0.25) is 0 Å². The molecule has 1 heterocycles. The minimum Gasteiger partial charge on any atom is -0.423 e. The SMILES string of the molecule is C[C@H]1C[C@@H]1C(=O)Nc1ccc(-c2nnco2)cc1. The first-order valence-corrected chi connectivity index (χ1v) is 5.91. The first kappa shape index (κ1) is 11.0. The fourth-order valence-electron chi connectivity index (χ4n) is 1.92. The maximum Gasteiger partial charge on any atom is 0.247 e. The molecule has 18 heavy (non-hydrogen) atoms. The van der Waals surface area contributed by atoms with Crippen molar-refractivity contribution in [1.29, 1.82) is 0 Å². The molecule has 2 atom stereocenters. The van der Waals surface area contributed by atoms with Gasteiger partial charge in [-0.25, -0.2) is 0 Å². The average Bonchev–Trinajstić information content (AvgIpc) is 2.91. The van der Waals surface area contributed by atoms with Gasteiger partial charge in [-0.1, -0.05) is 6.92 Å². The Morgan fingerprint density at radius 2 is 2.11 bits per heavy atom. The molecule has 1 N–H and O–H groups in total. The van der Waals surface area contributed by atoms with Gasteiger partial charge in [-0.05, 0) is 36.6 Å². The highest BCUT2D eigenvalue weighted by molar-refractivity contribution is 5.94. The molecule has 5 heteroatoms. The molecule has 1 fully saturated rings. The second kappa shape index (κ2) is 4.25. The molecule has 1 amide bonds. The van der Waals surface area contributed by atoms with Gasteiger partial charge in [0, 0.05) is 17.2 Å². The quantitative estimate of drug-likeness (QED) is 0.898. The van der Waals surface area contributed by atoms with E-state index < -0.39 is 0 Å². The fourth-order valence-corrected chi connectivity index (χ4v) is 1.92. The van der Waals surface area contributed by atoms with Crippen molar-refractivity contribution in [2.75, 3.05) is 5.32 Å². The van der Waals surface area contributed by atoms with Gasteiger partial charge in [0.05, 0.1) is 0 Å². The maximum absolute atomic E-state index is 11.7. The van der Waals surface area contributed by atoms with Crippen molar-refractivity contribution in [3.63, 3.8) is 0 Å². The molecule has 1 aromatic heterocycles. The highest BCUT2D eigenvalue weighted by Gasteiger charge is 2.38. The zero-order chi connectivity index (χ0) is 12.5. The molecule has 92 valence electrons. The minimum absolute atomic E-state index is 0.105. The number of hydrogen-bond acceptors (Lipinski definition) is 4. The van der Waals surface area contributed by atoms with Gasteiger partial charge in [0.15, 0.2) is 0 Å². The highest BCUT2D eigenvalue weighted by atomic mass is 16.4. The van der Waals surface area contributed by atoms with Crippen LogP contribution in [0.1, 0.15) is 13.3 Å². The van der Waals surface area contributed by atoms with Crippen LogP contribution in [0, 0.1) is 11.8 Å². The standard InChI is InChI=1S/C13H13N3O2/c1-8-6-11(8)12(17)15-10-4-2-9(3-5-10)13-16-14-7-18-13/h2-5,7-8,11H,6H2,1H3,(H,15,17)/t8-,11-/m0/s1. The molecule has 3 rings (SSSR count). The number of amides is 1. The summed E-state index contributed by atoms with van der Waals surface area (Å²) in [5, 5.41) is 10.3. The Morgan fingerprint density at radius 1 is 1.39 bits per heavy atom. The molecule has 0 spiro atoms. The second-order valence-corrected chi connectivity index (χ2v) is 4.63. The number of aromatic nitrogens is 2. The van der Waals surface area contributed by atoms with Crippen LogP contribution in [0.25, 0.3) is 11.5 Å². The molecule has 5 nitrogen and oxygen atoms in total. The first-order valence-electron chi connectivity index (χ1n) is 5.91. The number of benzene rings is 1. The van der Waals surface area contributed by atoms with Gasteiger partial charge >= 0.3 is 0 Å². The predicted octanol–water partition coefficient (Wildman–Crippen LogP) is 2.33. The monoisotopic (exact) mass is 243 g/mol. The summed E-state index contributed by atoms with van der Waals surface area (Å²) >= 11 is 0. The summed E-state index contributed by atoms with van der Waals surface area (Å²) in [6.45, 7) is 2.09. The molecule has 0 radical (unpaired) electrons. The van der Waals surface area contributed by atoms with E-state index in [2.05, 4.69) is 22.4 Å². The molecule has 0 saturated heterocycles. The Hall–Kier alpha value is -2.17. The maximum atomic E-state index is 11.7. The molecule has 0 aliphatic heterocycles. The molecule has 1 aliphatic carbocycles. The number of rotatable bonds is 3. The largest absolute Gasteiger partial charge is 0.423 e. The van der Waals surface area contributed by atoms with E-state index in [0.29, 0.717) is 11.8 Å². The van der Waals surface area contributed by atoms with Crippen LogP contribution < -0.4 is 5.32 Å². The molecule has 2 aromatic rings. The Morgan fingerprint density at radius 3 is 2.67 bits per heavy atom. The van der Waals surface area contributed by atoms with Gasteiger partial charge < -0.3 is 9.73 Å².